The van der Waals surface area contributed by atoms with Gasteiger partial charge in [-0.25, -0.2) is 4.79 Å². The smallest absolute Gasteiger partial charge is 0.354 e. The Hall–Kier alpha value is -1.68. The van der Waals surface area contributed by atoms with Crippen LogP contribution in [0.5, 0.6) is 0 Å². The maximum atomic E-state index is 11.6. The number of benzene rings is 1. The van der Waals surface area contributed by atoms with E-state index in [1.54, 1.807) is 17.8 Å². The van der Waals surface area contributed by atoms with Crippen LogP contribution < -0.4 is 0 Å². The molecule has 0 spiro atoms. The van der Waals surface area contributed by atoms with Crippen LogP contribution in [0.15, 0.2) is 47.5 Å². The number of esters is 1. The molecule has 0 N–H and O–H groups in total. The zero-order valence-corrected chi connectivity index (χ0v) is 11.2. The molecule has 3 nitrogen and oxygen atoms in total. The zero-order valence-electron chi connectivity index (χ0n) is 10.4. The van der Waals surface area contributed by atoms with Gasteiger partial charge in [-0.1, -0.05) is 18.2 Å². The molecule has 0 saturated heterocycles. The monoisotopic (exact) mass is 261 g/mol. The van der Waals surface area contributed by atoms with Crippen LogP contribution in [0, 0.1) is 0 Å². The van der Waals surface area contributed by atoms with E-state index < -0.39 is 0 Å². The van der Waals surface area contributed by atoms with Gasteiger partial charge in [0.15, 0.2) is 0 Å². The first-order chi connectivity index (χ1) is 8.76. The molecule has 4 heteroatoms. The van der Waals surface area contributed by atoms with E-state index >= 15 is 0 Å². The topological polar surface area (TPSA) is 31.2 Å². The quantitative estimate of drug-likeness (QED) is 0.626. The first kappa shape index (κ1) is 12.8. The van der Waals surface area contributed by atoms with Crippen molar-refractivity contribution in [1.29, 1.82) is 0 Å². The summed E-state index contributed by atoms with van der Waals surface area (Å²) in [6.45, 7) is 0.675. The Morgan fingerprint density at radius 2 is 2.06 bits per heavy atom. The third-order valence-electron chi connectivity index (χ3n) is 2.76. The van der Waals surface area contributed by atoms with Crippen molar-refractivity contribution in [1.82, 2.24) is 4.57 Å². The van der Waals surface area contributed by atoms with Crippen molar-refractivity contribution in [3.05, 3.63) is 53.9 Å². The lowest BCUT2D eigenvalue weighted by Crippen LogP contribution is -2.11. The van der Waals surface area contributed by atoms with Crippen molar-refractivity contribution in [3.8, 4) is 0 Å². The van der Waals surface area contributed by atoms with Crippen LogP contribution in [-0.4, -0.2) is 23.9 Å². The summed E-state index contributed by atoms with van der Waals surface area (Å²) in [4.78, 5) is 12.8. The van der Waals surface area contributed by atoms with Gasteiger partial charge in [0.2, 0.25) is 0 Å². The summed E-state index contributed by atoms with van der Waals surface area (Å²) in [7, 11) is 1.40. The number of hydrogen-bond donors (Lipinski definition) is 0. The molecule has 0 aliphatic rings. The minimum absolute atomic E-state index is 0.304. The van der Waals surface area contributed by atoms with E-state index in [1.807, 2.05) is 29.0 Å². The van der Waals surface area contributed by atoms with Crippen molar-refractivity contribution in [3.63, 3.8) is 0 Å². The summed E-state index contributed by atoms with van der Waals surface area (Å²) >= 11 is 1.71. The third kappa shape index (κ3) is 2.59. The van der Waals surface area contributed by atoms with Gasteiger partial charge >= 0.3 is 5.97 Å². The van der Waals surface area contributed by atoms with E-state index in [4.69, 9.17) is 4.74 Å². The molecule has 2 rings (SSSR count). The highest BCUT2D eigenvalue weighted by Crippen LogP contribution is 2.21. The van der Waals surface area contributed by atoms with Crippen LogP contribution in [0.4, 0.5) is 0 Å². The second-order valence-corrected chi connectivity index (χ2v) is 4.67. The number of hydrogen-bond acceptors (Lipinski definition) is 3. The molecule has 0 atom stereocenters. The second-order valence-electron chi connectivity index (χ2n) is 3.82. The number of carbonyl (C=O) groups excluding carboxylic acids is 1. The summed E-state index contributed by atoms with van der Waals surface area (Å²) in [5.41, 5.74) is 1.78. The molecule has 94 valence electrons. The lowest BCUT2D eigenvalue weighted by atomic mass is 10.2. The fraction of sp³-hybridized carbons (Fsp3) is 0.214. The SMILES string of the molecule is COC(=O)c1cccn1Cc1ccccc1SC. The standard InChI is InChI=1S/C14H15NO2S/c1-17-14(16)12-7-5-9-15(12)10-11-6-3-4-8-13(11)18-2/h3-9H,10H2,1-2H3. The highest BCUT2D eigenvalue weighted by atomic mass is 32.2. The Morgan fingerprint density at radius 3 is 2.78 bits per heavy atom. The van der Waals surface area contributed by atoms with Crippen molar-refractivity contribution in [2.24, 2.45) is 0 Å². The van der Waals surface area contributed by atoms with Crippen LogP contribution in [-0.2, 0) is 11.3 Å². The van der Waals surface area contributed by atoms with Gasteiger partial charge in [-0.3, -0.25) is 0 Å². The normalized spacial score (nSPS) is 10.3. The fourth-order valence-corrected chi connectivity index (χ4v) is 2.47. The summed E-state index contributed by atoms with van der Waals surface area (Å²) in [5.74, 6) is -0.304. The van der Waals surface area contributed by atoms with Gasteiger partial charge in [-0.15, -0.1) is 11.8 Å². The number of methoxy groups -OCH3 is 1. The Bertz CT molecular complexity index is 548. The zero-order chi connectivity index (χ0) is 13.0. The Morgan fingerprint density at radius 1 is 1.28 bits per heavy atom. The number of ether oxygens (including phenoxy) is 1. The van der Waals surface area contributed by atoms with Gasteiger partial charge < -0.3 is 9.30 Å². The van der Waals surface area contributed by atoms with Crippen LogP contribution in [0.3, 0.4) is 0 Å². The Labute approximate surface area is 111 Å². The number of carbonyl (C=O) groups is 1. The van der Waals surface area contributed by atoms with Gasteiger partial charge in [-0.05, 0) is 30.0 Å². The maximum absolute atomic E-state index is 11.6. The van der Waals surface area contributed by atoms with Crippen LogP contribution >= 0.6 is 11.8 Å². The molecule has 0 amide bonds. The Kier molecular flexibility index (Phi) is 4.10. The van der Waals surface area contributed by atoms with Crippen molar-refractivity contribution in [2.45, 2.75) is 11.4 Å². The average Bonchev–Trinajstić information content (AvgIpc) is 2.86. The van der Waals surface area contributed by atoms with Crippen LogP contribution in [0.1, 0.15) is 16.1 Å². The molecular formula is C14H15NO2S. The molecular weight excluding hydrogens is 246 g/mol. The van der Waals surface area contributed by atoms with Gasteiger partial charge in [-0.2, -0.15) is 0 Å². The third-order valence-corrected chi connectivity index (χ3v) is 3.60. The molecule has 1 aromatic heterocycles. The van der Waals surface area contributed by atoms with Crippen molar-refractivity contribution in [2.75, 3.05) is 13.4 Å². The molecule has 0 fully saturated rings. The minimum Gasteiger partial charge on any atom is -0.464 e. The van der Waals surface area contributed by atoms with E-state index in [1.165, 1.54) is 17.6 Å². The number of thioether (sulfide) groups is 1. The summed E-state index contributed by atoms with van der Waals surface area (Å²) < 4.78 is 6.67. The highest BCUT2D eigenvalue weighted by molar-refractivity contribution is 7.98. The van der Waals surface area contributed by atoms with E-state index in [9.17, 15) is 4.79 Å². The van der Waals surface area contributed by atoms with Gasteiger partial charge in [0.05, 0.1) is 7.11 Å². The maximum Gasteiger partial charge on any atom is 0.354 e. The molecule has 0 radical (unpaired) electrons. The van der Waals surface area contributed by atoms with E-state index in [-0.39, 0.29) is 5.97 Å². The average molecular weight is 261 g/mol. The first-order valence-electron chi connectivity index (χ1n) is 5.61. The van der Waals surface area contributed by atoms with Crippen molar-refractivity contribution < 1.29 is 9.53 Å². The fourth-order valence-electron chi connectivity index (χ4n) is 1.86. The summed E-state index contributed by atoms with van der Waals surface area (Å²) in [6.07, 6.45) is 3.94. The highest BCUT2D eigenvalue weighted by Gasteiger charge is 2.11. The van der Waals surface area contributed by atoms with Crippen molar-refractivity contribution >= 4 is 17.7 Å². The second kappa shape index (κ2) is 5.78. The molecule has 0 aliphatic heterocycles. The molecule has 18 heavy (non-hydrogen) atoms. The van der Waals surface area contributed by atoms with Gasteiger partial charge in [0, 0.05) is 17.6 Å². The summed E-state index contributed by atoms with van der Waals surface area (Å²) in [6, 6.07) is 11.8. The first-order valence-corrected chi connectivity index (χ1v) is 6.84. The predicted octanol–water partition coefficient (Wildman–Crippen LogP) is 3.04. The molecule has 0 aliphatic carbocycles. The van der Waals surface area contributed by atoms with E-state index in [0.29, 0.717) is 12.2 Å². The lowest BCUT2D eigenvalue weighted by molar-refractivity contribution is 0.0589. The molecule has 1 heterocycles. The van der Waals surface area contributed by atoms with Gasteiger partial charge in [0.25, 0.3) is 0 Å². The Balaban J connectivity index is 2.29. The summed E-state index contributed by atoms with van der Waals surface area (Å²) in [5, 5.41) is 0. The van der Waals surface area contributed by atoms with E-state index in [0.717, 1.165) is 0 Å². The molecule has 0 bridgehead atoms. The lowest BCUT2D eigenvalue weighted by Gasteiger charge is -2.10. The molecule has 0 saturated carbocycles. The molecule has 0 unspecified atom stereocenters. The molecule has 2 aromatic rings. The van der Waals surface area contributed by atoms with E-state index in [2.05, 4.69) is 18.4 Å². The number of rotatable bonds is 4. The minimum atomic E-state index is -0.304. The number of aromatic nitrogens is 1. The molecule has 1 aromatic carbocycles. The van der Waals surface area contributed by atoms with Gasteiger partial charge in [0.1, 0.15) is 5.69 Å². The predicted molar refractivity (Wildman–Crippen MR) is 73.1 cm³/mol. The van der Waals surface area contributed by atoms with Crippen LogP contribution in [0.25, 0.3) is 0 Å². The largest absolute Gasteiger partial charge is 0.464 e. The van der Waals surface area contributed by atoms with Crippen LogP contribution in [0.2, 0.25) is 0 Å². The number of nitrogens with zero attached hydrogens (tertiary/aromatic N) is 1.